The zero-order chi connectivity index (χ0) is 17.2. The van der Waals surface area contributed by atoms with E-state index in [2.05, 4.69) is 37.9 Å². The number of amides is 1. The molecule has 0 unspecified atom stereocenters. The van der Waals surface area contributed by atoms with Crippen LogP contribution in [0.1, 0.15) is 27.7 Å². The molecule has 1 amide bonds. The number of carbonyl (C=O) groups is 1. The predicted molar refractivity (Wildman–Crippen MR) is 91.0 cm³/mol. The zero-order valence-corrected chi connectivity index (χ0v) is 14.6. The molecule has 1 aromatic carbocycles. The van der Waals surface area contributed by atoms with Crippen LogP contribution in [0.25, 0.3) is 0 Å². The molecule has 0 bridgehead atoms. The van der Waals surface area contributed by atoms with Gasteiger partial charge in [0.2, 0.25) is 5.91 Å². The van der Waals surface area contributed by atoms with Gasteiger partial charge < -0.3 is 10.1 Å². The lowest BCUT2D eigenvalue weighted by Crippen LogP contribution is -2.41. The van der Waals surface area contributed by atoms with Crippen molar-refractivity contribution in [3.63, 3.8) is 0 Å². The highest BCUT2D eigenvalue weighted by Crippen LogP contribution is 2.11. The topological polar surface area (TPSA) is 41.6 Å². The summed E-state index contributed by atoms with van der Waals surface area (Å²) in [5.41, 5.74) is 0. The molecule has 1 rings (SSSR count). The first-order valence-corrected chi connectivity index (χ1v) is 8.24. The molecule has 0 aliphatic rings. The fourth-order valence-corrected chi connectivity index (χ4v) is 2.41. The first kappa shape index (κ1) is 19.4. The van der Waals surface area contributed by atoms with Crippen molar-refractivity contribution < 1.29 is 13.9 Å². The van der Waals surface area contributed by atoms with E-state index in [0.717, 1.165) is 13.1 Å². The molecule has 0 aromatic heterocycles. The van der Waals surface area contributed by atoms with Gasteiger partial charge in [0.25, 0.3) is 0 Å². The lowest BCUT2D eigenvalue weighted by molar-refractivity contribution is -0.122. The van der Waals surface area contributed by atoms with Crippen LogP contribution in [0, 0.1) is 17.7 Å². The van der Waals surface area contributed by atoms with Gasteiger partial charge in [-0.25, -0.2) is 4.39 Å². The highest BCUT2D eigenvalue weighted by molar-refractivity contribution is 5.77. The molecule has 0 radical (unpaired) electrons. The highest BCUT2D eigenvalue weighted by Gasteiger charge is 2.13. The SMILES string of the molecule is CC(C)CN(CC(=O)NCCOc1cccc(F)c1)CC(C)C. The molecule has 0 spiro atoms. The quantitative estimate of drug-likeness (QED) is 0.673. The second-order valence-corrected chi connectivity index (χ2v) is 6.64. The second-order valence-electron chi connectivity index (χ2n) is 6.64. The number of nitrogens with one attached hydrogen (secondary N) is 1. The lowest BCUT2D eigenvalue weighted by Gasteiger charge is -2.25. The summed E-state index contributed by atoms with van der Waals surface area (Å²) in [6, 6.07) is 5.98. The van der Waals surface area contributed by atoms with Crippen molar-refractivity contribution in [2.75, 3.05) is 32.8 Å². The molecule has 0 aliphatic carbocycles. The Morgan fingerprint density at radius 3 is 2.43 bits per heavy atom. The van der Waals surface area contributed by atoms with Crippen LogP contribution in [0.5, 0.6) is 5.75 Å². The molecule has 23 heavy (non-hydrogen) atoms. The normalized spacial score (nSPS) is 11.3. The van der Waals surface area contributed by atoms with Crippen LogP contribution in [0.3, 0.4) is 0 Å². The molecule has 0 saturated heterocycles. The fourth-order valence-electron chi connectivity index (χ4n) is 2.41. The maximum atomic E-state index is 13.0. The molecule has 0 heterocycles. The van der Waals surface area contributed by atoms with Crippen LogP contribution in [0.4, 0.5) is 4.39 Å². The number of benzene rings is 1. The zero-order valence-electron chi connectivity index (χ0n) is 14.6. The van der Waals surface area contributed by atoms with E-state index < -0.39 is 0 Å². The molecular formula is C18H29FN2O2. The highest BCUT2D eigenvalue weighted by atomic mass is 19.1. The minimum absolute atomic E-state index is 0.00542. The molecule has 0 fully saturated rings. The Balaban J connectivity index is 2.28. The molecule has 1 aromatic rings. The number of hydrogen-bond donors (Lipinski definition) is 1. The average molecular weight is 324 g/mol. The van der Waals surface area contributed by atoms with E-state index in [-0.39, 0.29) is 11.7 Å². The Morgan fingerprint density at radius 1 is 1.22 bits per heavy atom. The van der Waals surface area contributed by atoms with Gasteiger partial charge in [-0.15, -0.1) is 0 Å². The fraction of sp³-hybridized carbons (Fsp3) is 0.611. The summed E-state index contributed by atoms with van der Waals surface area (Å²) in [6.45, 7) is 11.6. The Hall–Kier alpha value is -1.62. The molecular weight excluding hydrogens is 295 g/mol. The van der Waals surface area contributed by atoms with E-state index in [9.17, 15) is 9.18 Å². The summed E-state index contributed by atoms with van der Waals surface area (Å²) in [6.07, 6.45) is 0. The van der Waals surface area contributed by atoms with Crippen molar-refractivity contribution in [1.29, 1.82) is 0 Å². The van der Waals surface area contributed by atoms with Gasteiger partial charge >= 0.3 is 0 Å². The van der Waals surface area contributed by atoms with Gasteiger partial charge in [-0.1, -0.05) is 33.8 Å². The first-order valence-electron chi connectivity index (χ1n) is 8.24. The smallest absolute Gasteiger partial charge is 0.234 e. The molecule has 0 aliphatic heterocycles. The van der Waals surface area contributed by atoms with Crippen molar-refractivity contribution in [3.8, 4) is 5.75 Å². The largest absolute Gasteiger partial charge is 0.492 e. The summed E-state index contributed by atoms with van der Waals surface area (Å²) in [5, 5.41) is 2.85. The van der Waals surface area contributed by atoms with Crippen molar-refractivity contribution in [2.45, 2.75) is 27.7 Å². The van der Waals surface area contributed by atoms with Crippen molar-refractivity contribution in [1.82, 2.24) is 10.2 Å². The lowest BCUT2D eigenvalue weighted by atomic mass is 10.1. The van der Waals surface area contributed by atoms with E-state index in [4.69, 9.17) is 4.74 Å². The van der Waals surface area contributed by atoms with Gasteiger partial charge in [0.15, 0.2) is 0 Å². The van der Waals surface area contributed by atoms with E-state index in [1.807, 2.05) is 0 Å². The van der Waals surface area contributed by atoms with Crippen molar-refractivity contribution in [2.24, 2.45) is 11.8 Å². The minimum atomic E-state index is -0.329. The summed E-state index contributed by atoms with van der Waals surface area (Å²) in [4.78, 5) is 14.2. The van der Waals surface area contributed by atoms with Crippen LogP contribution in [0.15, 0.2) is 24.3 Å². The van der Waals surface area contributed by atoms with Gasteiger partial charge in [-0.3, -0.25) is 9.69 Å². The predicted octanol–water partition coefficient (Wildman–Crippen LogP) is 2.93. The molecule has 5 heteroatoms. The third-order valence-corrected chi connectivity index (χ3v) is 3.10. The van der Waals surface area contributed by atoms with Gasteiger partial charge in [-0.2, -0.15) is 0 Å². The third kappa shape index (κ3) is 9.18. The van der Waals surface area contributed by atoms with E-state index >= 15 is 0 Å². The second kappa shape index (κ2) is 10.2. The Labute approximate surface area is 139 Å². The maximum absolute atomic E-state index is 13.0. The number of ether oxygens (including phenoxy) is 1. The summed E-state index contributed by atoms with van der Waals surface area (Å²) in [5.74, 6) is 1.19. The van der Waals surface area contributed by atoms with Gasteiger partial charge in [0.05, 0.1) is 13.1 Å². The van der Waals surface area contributed by atoms with Crippen molar-refractivity contribution in [3.05, 3.63) is 30.1 Å². The Kier molecular flexibility index (Phi) is 8.62. The molecule has 130 valence electrons. The van der Waals surface area contributed by atoms with Crippen LogP contribution >= 0.6 is 0 Å². The standard InChI is InChI=1S/C18H29FN2O2/c1-14(2)11-21(12-15(3)4)13-18(22)20-8-9-23-17-7-5-6-16(19)10-17/h5-7,10,14-15H,8-9,11-13H2,1-4H3,(H,20,22). The van der Waals surface area contributed by atoms with E-state index in [0.29, 0.717) is 37.3 Å². The van der Waals surface area contributed by atoms with Gasteiger partial charge in [0.1, 0.15) is 18.2 Å². The minimum Gasteiger partial charge on any atom is -0.492 e. The Morgan fingerprint density at radius 2 is 1.87 bits per heavy atom. The monoisotopic (exact) mass is 324 g/mol. The number of nitrogens with zero attached hydrogens (tertiary/aromatic N) is 1. The van der Waals surface area contributed by atoms with Gasteiger partial charge in [-0.05, 0) is 24.0 Å². The summed E-state index contributed by atoms with van der Waals surface area (Å²) >= 11 is 0. The summed E-state index contributed by atoms with van der Waals surface area (Å²) < 4.78 is 18.4. The van der Waals surface area contributed by atoms with Crippen LogP contribution in [0.2, 0.25) is 0 Å². The van der Waals surface area contributed by atoms with E-state index in [1.165, 1.54) is 12.1 Å². The number of carbonyl (C=O) groups excluding carboxylic acids is 1. The molecule has 4 nitrogen and oxygen atoms in total. The molecule has 1 N–H and O–H groups in total. The van der Waals surface area contributed by atoms with Crippen LogP contribution in [-0.2, 0) is 4.79 Å². The van der Waals surface area contributed by atoms with E-state index in [1.54, 1.807) is 12.1 Å². The molecule has 0 atom stereocenters. The number of rotatable bonds is 10. The van der Waals surface area contributed by atoms with Gasteiger partial charge in [0, 0.05) is 19.2 Å². The van der Waals surface area contributed by atoms with Crippen LogP contribution in [-0.4, -0.2) is 43.6 Å². The Bertz CT molecular complexity index is 468. The first-order chi connectivity index (χ1) is 10.9. The number of halogens is 1. The maximum Gasteiger partial charge on any atom is 0.234 e. The third-order valence-electron chi connectivity index (χ3n) is 3.10. The summed E-state index contributed by atoms with van der Waals surface area (Å²) in [7, 11) is 0. The van der Waals surface area contributed by atoms with Crippen LogP contribution < -0.4 is 10.1 Å². The average Bonchev–Trinajstić information content (AvgIpc) is 2.42. The number of hydrogen-bond acceptors (Lipinski definition) is 3. The van der Waals surface area contributed by atoms with Crippen molar-refractivity contribution >= 4 is 5.91 Å². The molecule has 0 saturated carbocycles.